The monoisotopic (exact) mass is 382 g/mol. The number of likely N-dealkylation sites (tertiary alicyclic amines) is 1. The van der Waals surface area contributed by atoms with Gasteiger partial charge in [0.05, 0.1) is 11.7 Å². The minimum absolute atomic E-state index is 0.0536. The molecule has 6 nitrogen and oxygen atoms in total. The number of piperidine rings is 1. The van der Waals surface area contributed by atoms with Gasteiger partial charge in [-0.25, -0.2) is 14.4 Å². The fraction of sp³-hybridized carbons (Fsp3) is 0.429. The third-order valence-corrected chi connectivity index (χ3v) is 5.52. The predicted octanol–water partition coefficient (Wildman–Crippen LogP) is 2.89. The van der Waals surface area contributed by atoms with Gasteiger partial charge in [-0.2, -0.15) is 0 Å². The average Bonchev–Trinajstić information content (AvgIpc) is 2.72. The van der Waals surface area contributed by atoms with Crippen LogP contribution in [-0.2, 0) is 17.8 Å². The lowest BCUT2D eigenvalue weighted by Crippen LogP contribution is -2.39. The van der Waals surface area contributed by atoms with Gasteiger partial charge in [0.2, 0.25) is 5.91 Å². The Labute approximate surface area is 163 Å². The van der Waals surface area contributed by atoms with Crippen LogP contribution in [-0.4, -0.2) is 44.7 Å². The highest BCUT2D eigenvalue weighted by molar-refractivity contribution is 5.94. The van der Waals surface area contributed by atoms with Crippen molar-refractivity contribution in [3.05, 3.63) is 58.9 Å². The molecular formula is C21H23FN4O2. The lowest BCUT2D eigenvalue weighted by Gasteiger charge is -2.35. The largest absolute Gasteiger partial charge is 0.334 e. The number of hydrogen-bond donors (Lipinski definition) is 0. The molecule has 1 fully saturated rings. The summed E-state index contributed by atoms with van der Waals surface area (Å²) in [6, 6.07) is 5.69. The number of carbonyl (C=O) groups is 2. The van der Waals surface area contributed by atoms with Crippen molar-refractivity contribution in [3.8, 4) is 0 Å². The van der Waals surface area contributed by atoms with Gasteiger partial charge in [-0.15, -0.1) is 0 Å². The molecular weight excluding hydrogens is 359 g/mol. The minimum Gasteiger partial charge on any atom is -0.334 e. The quantitative estimate of drug-likeness (QED) is 0.801. The predicted molar refractivity (Wildman–Crippen MR) is 101 cm³/mol. The molecule has 4 rings (SSSR count). The Morgan fingerprint density at radius 2 is 2.07 bits per heavy atom. The minimum atomic E-state index is -0.418. The first-order valence-electron chi connectivity index (χ1n) is 9.69. The number of fused-ring (bicyclic) bond motifs is 1. The summed E-state index contributed by atoms with van der Waals surface area (Å²) in [7, 11) is 0. The molecule has 2 aliphatic rings. The van der Waals surface area contributed by atoms with Crippen LogP contribution < -0.4 is 0 Å². The van der Waals surface area contributed by atoms with E-state index in [4.69, 9.17) is 4.98 Å². The van der Waals surface area contributed by atoms with Gasteiger partial charge in [-0.1, -0.05) is 6.07 Å². The van der Waals surface area contributed by atoms with E-state index in [1.807, 2.05) is 4.90 Å². The number of carbonyl (C=O) groups excluding carboxylic acids is 2. The summed E-state index contributed by atoms with van der Waals surface area (Å²) in [5.74, 6) is 0.138. The first-order chi connectivity index (χ1) is 13.5. The number of benzene rings is 1. The lowest BCUT2D eigenvalue weighted by atomic mass is 10.00. The SMILES string of the molecule is CC(=O)N1CCCCC1c1ncc2c(n1)CCN(C(=O)c1cccc(F)c1)C2. The van der Waals surface area contributed by atoms with Crippen LogP contribution in [0.3, 0.4) is 0 Å². The van der Waals surface area contributed by atoms with E-state index in [0.29, 0.717) is 30.9 Å². The van der Waals surface area contributed by atoms with E-state index in [1.165, 1.54) is 12.1 Å². The molecule has 1 aromatic heterocycles. The van der Waals surface area contributed by atoms with Crippen LogP contribution in [0, 0.1) is 5.82 Å². The molecule has 1 atom stereocenters. The van der Waals surface area contributed by atoms with Crippen LogP contribution in [0.4, 0.5) is 4.39 Å². The van der Waals surface area contributed by atoms with Crippen LogP contribution >= 0.6 is 0 Å². The molecule has 1 saturated heterocycles. The number of hydrogen-bond acceptors (Lipinski definition) is 4. The topological polar surface area (TPSA) is 66.4 Å². The molecule has 0 aliphatic carbocycles. The molecule has 0 spiro atoms. The molecule has 0 bridgehead atoms. The van der Waals surface area contributed by atoms with E-state index in [0.717, 1.165) is 37.1 Å². The molecule has 28 heavy (non-hydrogen) atoms. The zero-order valence-electron chi connectivity index (χ0n) is 15.9. The van der Waals surface area contributed by atoms with Gasteiger partial charge in [0, 0.05) is 50.3 Å². The summed E-state index contributed by atoms with van der Waals surface area (Å²) in [5, 5.41) is 0. The summed E-state index contributed by atoms with van der Waals surface area (Å²) in [5.41, 5.74) is 2.19. The number of rotatable bonds is 2. The van der Waals surface area contributed by atoms with Gasteiger partial charge in [0.1, 0.15) is 5.82 Å². The van der Waals surface area contributed by atoms with Crippen LogP contribution in [0.1, 0.15) is 59.7 Å². The van der Waals surface area contributed by atoms with Crippen molar-refractivity contribution in [3.63, 3.8) is 0 Å². The molecule has 2 aliphatic heterocycles. The first kappa shape index (κ1) is 18.5. The van der Waals surface area contributed by atoms with Gasteiger partial charge < -0.3 is 9.80 Å². The standard InChI is InChI=1S/C21H23FN4O2/c1-14(27)26-9-3-2-7-19(26)20-23-12-16-13-25(10-8-18(16)24-20)21(28)15-5-4-6-17(22)11-15/h4-6,11-12,19H,2-3,7-10,13H2,1H3. The Morgan fingerprint density at radius 1 is 1.21 bits per heavy atom. The Balaban J connectivity index is 1.53. The Hall–Kier alpha value is -2.83. The third kappa shape index (κ3) is 3.61. The summed E-state index contributed by atoms with van der Waals surface area (Å²) in [6.07, 6.45) is 5.35. The van der Waals surface area contributed by atoms with Gasteiger partial charge in [-0.05, 0) is 37.5 Å². The summed E-state index contributed by atoms with van der Waals surface area (Å²) in [6.45, 7) is 3.27. The first-order valence-corrected chi connectivity index (χ1v) is 9.69. The van der Waals surface area contributed by atoms with E-state index in [2.05, 4.69) is 4.98 Å². The molecule has 1 unspecified atom stereocenters. The fourth-order valence-electron chi connectivity index (χ4n) is 4.05. The summed E-state index contributed by atoms with van der Waals surface area (Å²) in [4.78, 5) is 37.4. The Kier molecular flexibility index (Phi) is 5.07. The maximum Gasteiger partial charge on any atom is 0.254 e. The molecule has 2 amide bonds. The molecule has 2 aromatic rings. The highest BCUT2D eigenvalue weighted by Crippen LogP contribution is 2.30. The summed E-state index contributed by atoms with van der Waals surface area (Å²) >= 11 is 0. The van der Waals surface area contributed by atoms with E-state index in [9.17, 15) is 14.0 Å². The zero-order chi connectivity index (χ0) is 19.7. The van der Waals surface area contributed by atoms with Crippen LogP contribution in [0.5, 0.6) is 0 Å². The summed E-state index contributed by atoms with van der Waals surface area (Å²) < 4.78 is 13.4. The highest BCUT2D eigenvalue weighted by Gasteiger charge is 2.30. The maximum atomic E-state index is 13.4. The van der Waals surface area contributed by atoms with Crippen molar-refractivity contribution in [1.82, 2.24) is 19.8 Å². The molecule has 0 saturated carbocycles. The van der Waals surface area contributed by atoms with Crippen molar-refractivity contribution in [1.29, 1.82) is 0 Å². The average molecular weight is 382 g/mol. The van der Waals surface area contributed by atoms with Gasteiger partial charge in [-0.3, -0.25) is 9.59 Å². The van der Waals surface area contributed by atoms with Crippen molar-refractivity contribution >= 4 is 11.8 Å². The number of halogens is 1. The fourth-order valence-corrected chi connectivity index (χ4v) is 4.05. The second-order valence-corrected chi connectivity index (χ2v) is 7.41. The molecule has 146 valence electrons. The molecule has 1 aromatic carbocycles. The van der Waals surface area contributed by atoms with Gasteiger partial charge in [0.25, 0.3) is 5.91 Å². The second-order valence-electron chi connectivity index (χ2n) is 7.41. The van der Waals surface area contributed by atoms with E-state index in [-0.39, 0.29) is 17.9 Å². The van der Waals surface area contributed by atoms with E-state index >= 15 is 0 Å². The van der Waals surface area contributed by atoms with Crippen LogP contribution in [0.25, 0.3) is 0 Å². The molecule has 7 heteroatoms. The normalized spacial score (nSPS) is 19.3. The third-order valence-electron chi connectivity index (χ3n) is 5.52. The zero-order valence-corrected chi connectivity index (χ0v) is 15.9. The van der Waals surface area contributed by atoms with Crippen molar-refractivity contribution < 1.29 is 14.0 Å². The van der Waals surface area contributed by atoms with Gasteiger partial charge >= 0.3 is 0 Å². The van der Waals surface area contributed by atoms with Crippen LogP contribution in [0.2, 0.25) is 0 Å². The van der Waals surface area contributed by atoms with Crippen molar-refractivity contribution in [2.24, 2.45) is 0 Å². The van der Waals surface area contributed by atoms with Crippen molar-refractivity contribution in [2.75, 3.05) is 13.1 Å². The smallest absolute Gasteiger partial charge is 0.254 e. The van der Waals surface area contributed by atoms with E-state index in [1.54, 1.807) is 30.2 Å². The van der Waals surface area contributed by atoms with E-state index < -0.39 is 5.82 Å². The molecule has 3 heterocycles. The van der Waals surface area contributed by atoms with Crippen LogP contribution in [0.15, 0.2) is 30.5 Å². The Morgan fingerprint density at radius 3 is 2.86 bits per heavy atom. The van der Waals surface area contributed by atoms with Crippen molar-refractivity contribution in [2.45, 2.75) is 45.2 Å². The number of amides is 2. The maximum absolute atomic E-state index is 13.4. The molecule has 0 radical (unpaired) electrons. The lowest BCUT2D eigenvalue weighted by molar-refractivity contribution is -0.132. The number of aromatic nitrogens is 2. The molecule has 0 N–H and O–H groups in total. The van der Waals surface area contributed by atoms with Gasteiger partial charge in [0.15, 0.2) is 5.82 Å². The number of nitrogens with zero attached hydrogens (tertiary/aromatic N) is 4. The Bertz CT molecular complexity index is 917. The highest BCUT2D eigenvalue weighted by atomic mass is 19.1. The second kappa shape index (κ2) is 7.66.